The summed E-state index contributed by atoms with van der Waals surface area (Å²) in [5.74, 6) is 2.11. The zero-order chi connectivity index (χ0) is 18.2. The molecule has 6 nitrogen and oxygen atoms in total. The normalized spacial score (nSPS) is 19.5. The molecule has 142 valence electrons. The molecule has 1 aromatic heterocycles. The van der Waals surface area contributed by atoms with Crippen molar-refractivity contribution in [3.63, 3.8) is 0 Å². The van der Waals surface area contributed by atoms with Crippen LogP contribution in [-0.2, 0) is 4.79 Å². The second-order valence-electron chi connectivity index (χ2n) is 7.76. The van der Waals surface area contributed by atoms with Crippen LogP contribution >= 0.6 is 11.8 Å². The van der Waals surface area contributed by atoms with E-state index >= 15 is 0 Å². The number of nitrogens with one attached hydrogen (secondary N) is 1. The summed E-state index contributed by atoms with van der Waals surface area (Å²) < 4.78 is 2.30. The van der Waals surface area contributed by atoms with Gasteiger partial charge in [0, 0.05) is 25.0 Å². The van der Waals surface area contributed by atoms with Crippen LogP contribution in [0.15, 0.2) is 29.4 Å². The average Bonchev–Trinajstić information content (AvgIpc) is 3.61. The SMILES string of the molecule is O=C(CSc1nnc(C2CC2)n1C1CC1)Nc1ccccc1N1CCCC1. The van der Waals surface area contributed by atoms with Crippen molar-refractivity contribution in [2.24, 2.45) is 0 Å². The molecule has 1 saturated heterocycles. The zero-order valence-electron chi connectivity index (χ0n) is 15.4. The van der Waals surface area contributed by atoms with E-state index in [0.29, 0.717) is 17.7 Å². The number of rotatable bonds is 7. The summed E-state index contributed by atoms with van der Waals surface area (Å²) in [5.41, 5.74) is 2.04. The number of anilines is 2. The molecule has 7 heteroatoms. The molecule has 27 heavy (non-hydrogen) atoms. The molecule has 2 heterocycles. The number of aromatic nitrogens is 3. The minimum atomic E-state index is 0.0185. The molecule has 0 spiro atoms. The molecule has 3 aliphatic rings. The third-order valence-electron chi connectivity index (χ3n) is 5.50. The molecule has 0 bridgehead atoms. The molecule has 1 aromatic carbocycles. The molecule has 5 rings (SSSR count). The van der Waals surface area contributed by atoms with Gasteiger partial charge in [-0.3, -0.25) is 4.79 Å². The van der Waals surface area contributed by atoms with Gasteiger partial charge in [0.2, 0.25) is 5.91 Å². The van der Waals surface area contributed by atoms with Crippen molar-refractivity contribution in [3.8, 4) is 0 Å². The third kappa shape index (κ3) is 3.70. The summed E-state index contributed by atoms with van der Waals surface area (Å²) in [7, 11) is 0. The van der Waals surface area contributed by atoms with Gasteiger partial charge in [-0.2, -0.15) is 0 Å². The maximum atomic E-state index is 12.6. The Hall–Kier alpha value is -2.02. The van der Waals surface area contributed by atoms with Crippen LogP contribution in [0.25, 0.3) is 0 Å². The van der Waals surface area contributed by atoms with E-state index in [9.17, 15) is 4.79 Å². The molecule has 2 saturated carbocycles. The average molecular weight is 384 g/mol. The van der Waals surface area contributed by atoms with E-state index in [0.717, 1.165) is 35.4 Å². The van der Waals surface area contributed by atoms with Crippen LogP contribution in [0.1, 0.15) is 56.3 Å². The van der Waals surface area contributed by atoms with Crippen LogP contribution in [0.2, 0.25) is 0 Å². The molecule has 1 amide bonds. The van der Waals surface area contributed by atoms with Gasteiger partial charge in [0.05, 0.1) is 17.1 Å². The predicted octanol–water partition coefficient (Wildman–Crippen LogP) is 3.82. The van der Waals surface area contributed by atoms with Gasteiger partial charge < -0.3 is 14.8 Å². The lowest BCUT2D eigenvalue weighted by Gasteiger charge is -2.21. The zero-order valence-corrected chi connectivity index (χ0v) is 16.2. The first-order valence-electron chi connectivity index (χ1n) is 10.0. The van der Waals surface area contributed by atoms with Crippen LogP contribution in [0.4, 0.5) is 11.4 Å². The predicted molar refractivity (Wildman–Crippen MR) is 108 cm³/mol. The number of amides is 1. The van der Waals surface area contributed by atoms with E-state index in [4.69, 9.17) is 0 Å². The Balaban J connectivity index is 1.25. The fourth-order valence-corrected chi connectivity index (χ4v) is 4.62. The minimum Gasteiger partial charge on any atom is -0.370 e. The lowest BCUT2D eigenvalue weighted by Crippen LogP contribution is -2.21. The number of nitrogens with zero attached hydrogens (tertiary/aromatic N) is 4. The smallest absolute Gasteiger partial charge is 0.234 e. The van der Waals surface area contributed by atoms with E-state index in [2.05, 4.69) is 31.0 Å². The summed E-state index contributed by atoms with van der Waals surface area (Å²) in [6, 6.07) is 8.66. The Kier molecular flexibility index (Phi) is 4.55. The van der Waals surface area contributed by atoms with Gasteiger partial charge in [0.25, 0.3) is 0 Å². The first-order valence-corrected chi connectivity index (χ1v) is 11.0. The highest BCUT2D eigenvalue weighted by molar-refractivity contribution is 7.99. The quantitative estimate of drug-likeness (QED) is 0.737. The maximum Gasteiger partial charge on any atom is 0.234 e. The summed E-state index contributed by atoms with van der Waals surface area (Å²) in [6.45, 7) is 2.13. The van der Waals surface area contributed by atoms with E-state index in [1.807, 2.05) is 18.2 Å². The Bertz CT molecular complexity index is 837. The van der Waals surface area contributed by atoms with Crippen molar-refractivity contribution < 1.29 is 4.79 Å². The standard InChI is InChI=1S/C20H25N5OS/c26-18(21-16-5-1-2-6-17(16)24-11-3-4-12-24)13-27-20-23-22-19(14-7-8-14)25(20)15-9-10-15/h1-2,5-6,14-15H,3-4,7-13H2,(H,21,26). The van der Waals surface area contributed by atoms with Crippen molar-refractivity contribution in [1.29, 1.82) is 0 Å². The number of thioether (sulfide) groups is 1. The number of hydrogen-bond acceptors (Lipinski definition) is 5. The van der Waals surface area contributed by atoms with Crippen molar-refractivity contribution in [2.75, 3.05) is 29.1 Å². The van der Waals surface area contributed by atoms with Crippen molar-refractivity contribution in [1.82, 2.24) is 14.8 Å². The molecule has 0 atom stereocenters. The summed E-state index contributed by atoms with van der Waals surface area (Å²) in [5, 5.41) is 12.8. The van der Waals surface area contributed by atoms with Crippen molar-refractivity contribution >= 4 is 29.0 Å². The fourth-order valence-electron chi connectivity index (χ4n) is 3.81. The molecule has 2 aliphatic carbocycles. The Morgan fingerprint density at radius 1 is 1.11 bits per heavy atom. The van der Waals surface area contributed by atoms with Crippen LogP contribution in [0, 0.1) is 0 Å². The van der Waals surface area contributed by atoms with Gasteiger partial charge in [-0.15, -0.1) is 10.2 Å². The van der Waals surface area contributed by atoms with Crippen molar-refractivity contribution in [3.05, 3.63) is 30.1 Å². The number of carbonyl (C=O) groups is 1. The maximum absolute atomic E-state index is 12.6. The van der Waals surface area contributed by atoms with Gasteiger partial charge in [-0.05, 0) is 50.7 Å². The highest BCUT2D eigenvalue weighted by Crippen LogP contribution is 2.46. The summed E-state index contributed by atoms with van der Waals surface area (Å²) >= 11 is 1.51. The first kappa shape index (κ1) is 17.1. The van der Waals surface area contributed by atoms with Gasteiger partial charge >= 0.3 is 0 Å². The minimum absolute atomic E-state index is 0.0185. The molecule has 0 unspecified atom stereocenters. The third-order valence-corrected chi connectivity index (χ3v) is 6.45. The molecular weight excluding hydrogens is 358 g/mol. The molecule has 2 aromatic rings. The fraction of sp³-hybridized carbons (Fsp3) is 0.550. The van der Waals surface area contributed by atoms with Gasteiger partial charge in [-0.25, -0.2) is 0 Å². The van der Waals surface area contributed by atoms with E-state index < -0.39 is 0 Å². The van der Waals surface area contributed by atoms with E-state index in [1.54, 1.807) is 0 Å². The lowest BCUT2D eigenvalue weighted by atomic mass is 10.2. The molecule has 1 aliphatic heterocycles. The Morgan fingerprint density at radius 2 is 1.89 bits per heavy atom. The lowest BCUT2D eigenvalue weighted by molar-refractivity contribution is -0.113. The number of carbonyl (C=O) groups excluding carboxylic acids is 1. The van der Waals surface area contributed by atoms with Crippen molar-refractivity contribution in [2.45, 2.75) is 55.6 Å². The van der Waals surface area contributed by atoms with Crippen LogP contribution in [0.3, 0.4) is 0 Å². The molecule has 1 N–H and O–H groups in total. The second kappa shape index (κ2) is 7.19. The summed E-state index contributed by atoms with van der Waals surface area (Å²) in [6.07, 6.45) is 7.31. The highest BCUT2D eigenvalue weighted by Gasteiger charge is 2.36. The van der Waals surface area contributed by atoms with Gasteiger partial charge in [0.15, 0.2) is 5.16 Å². The Morgan fingerprint density at radius 3 is 2.63 bits per heavy atom. The number of para-hydroxylation sites is 2. The largest absolute Gasteiger partial charge is 0.370 e. The molecule has 0 radical (unpaired) electrons. The number of hydrogen-bond donors (Lipinski definition) is 1. The highest BCUT2D eigenvalue weighted by atomic mass is 32.2. The van der Waals surface area contributed by atoms with E-state index in [1.165, 1.54) is 50.3 Å². The first-order chi connectivity index (χ1) is 13.3. The van der Waals surface area contributed by atoms with Gasteiger partial charge in [0.1, 0.15) is 5.82 Å². The van der Waals surface area contributed by atoms with E-state index in [-0.39, 0.29) is 5.91 Å². The van der Waals surface area contributed by atoms with Gasteiger partial charge in [-0.1, -0.05) is 23.9 Å². The van der Waals surface area contributed by atoms with Crippen LogP contribution in [0.5, 0.6) is 0 Å². The van der Waals surface area contributed by atoms with Crippen LogP contribution < -0.4 is 10.2 Å². The second-order valence-corrected chi connectivity index (χ2v) is 8.71. The monoisotopic (exact) mass is 383 g/mol. The molecule has 3 fully saturated rings. The molecular formula is C20H25N5OS. The summed E-state index contributed by atoms with van der Waals surface area (Å²) in [4.78, 5) is 15.0. The Labute approximate surface area is 163 Å². The topological polar surface area (TPSA) is 63.1 Å². The number of benzene rings is 1. The van der Waals surface area contributed by atoms with Crippen LogP contribution in [-0.4, -0.2) is 39.5 Å².